The van der Waals surface area contributed by atoms with Crippen molar-refractivity contribution in [1.82, 2.24) is 19.2 Å². The van der Waals surface area contributed by atoms with Crippen LogP contribution in [0.3, 0.4) is 0 Å². The lowest BCUT2D eigenvalue weighted by Gasteiger charge is -2.31. The van der Waals surface area contributed by atoms with E-state index in [1.54, 1.807) is 7.11 Å². The molecule has 0 aliphatic carbocycles. The van der Waals surface area contributed by atoms with Crippen molar-refractivity contribution >= 4 is 11.7 Å². The third kappa shape index (κ3) is 4.43. The predicted octanol–water partition coefficient (Wildman–Crippen LogP) is 6.93. The highest BCUT2D eigenvalue weighted by Gasteiger charge is 2.36. The number of aryl methyl sites for hydroxylation is 2. The summed E-state index contributed by atoms with van der Waals surface area (Å²) >= 11 is 0. The largest absolute Gasteiger partial charge is 0.495 e. The molecule has 6 rings (SSSR count). The molecule has 1 atom stereocenters. The monoisotopic (exact) mass is 531 g/mol. The van der Waals surface area contributed by atoms with Crippen molar-refractivity contribution in [3.8, 4) is 17.3 Å². The zero-order valence-corrected chi connectivity index (χ0v) is 23.0. The van der Waals surface area contributed by atoms with Gasteiger partial charge in [0.1, 0.15) is 11.6 Å². The van der Waals surface area contributed by atoms with Crippen LogP contribution in [-0.2, 0) is 19.4 Å². The lowest BCUT2D eigenvalue weighted by atomic mass is 9.99. The fourth-order valence-electron chi connectivity index (χ4n) is 5.57. The normalized spacial score (nSPS) is 14.3. The van der Waals surface area contributed by atoms with Crippen molar-refractivity contribution in [2.75, 3.05) is 12.4 Å². The molecule has 0 unspecified atom stereocenters. The summed E-state index contributed by atoms with van der Waals surface area (Å²) in [4.78, 5) is 16.2. The molecule has 2 aromatic heterocycles. The van der Waals surface area contributed by atoms with E-state index in [0.717, 1.165) is 46.9 Å². The highest BCUT2D eigenvalue weighted by atomic mass is 16.5. The average Bonchev–Trinajstić information content (AvgIpc) is 3.59. The number of amides is 2. The molecule has 0 saturated heterocycles. The van der Waals surface area contributed by atoms with E-state index in [1.807, 2.05) is 58.1 Å². The van der Waals surface area contributed by atoms with Gasteiger partial charge in [0.25, 0.3) is 0 Å². The number of anilines is 1. The molecule has 0 fully saturated rings. The third-order valence-electron chi connectivity index (χ3n) is 7.62. The predicted molar refractivity (Wildman–Crippen MR) is 157 cm³/mol. The van der Waals surface area contributed by atoms with Gasteiger partial charge in [-0.2, -0.15) is 5.10 Å². The first-order valence-electron chi connectivity index (χ1n) is 13.8. The number of urea groups is 1. The fraction of sp³-hybridized carbons (Fsp3) is 0.212. The summed E-state index contributed by atoms with van der Waals surface area (Å²) in [7, 11) is 1.61. The second kappa shape index (κ2) is 10.8. The summed E-state index contributed by atoms with van der Waals surface area (Å²) in [5, 5.41) is 8.18. The van der Waals surface area contributed by atoms with E-state index in [9.17, 15) is 4.79 Å². The molecular weight excluding hydrogens is 498 g/mol. The Labute approximate surface area is 234 Å². The zero-order valence-electron chi connectivity index (χ0n) is 23.0. The van der Waals surface area contributed by atoms with Gasteiger partial charge in [0.05, 0.1) is 42.5 Å². The zero-order chi connectivity index (χ0) is 27.6. The minimum atomic E-state index is -0.322. The van der Waals surface area contributed by atoms with Crippen LogP contribution in [-0.4, -0.2) is 32.4 Å². The minimum absolute atomic E-state index is 0.204. The number of carbonyl (C=O) groups excluding carboxylic acids is 1. The maximum Gasteiger partial charge on any atom is 0.323 e. The van der Waals surface area contributed by atoms with Crippen molar-refractivity contribution in [2.45, 2.75) is 39.3 Å². The van der Waals surface area contributed by atoms with Crippen LogP contribution in [0.15, 0.2) is 97.2 Å². The van der Waals surface area contributed by atoms with E-state index in [4.69, 9.17) is 9.84 Å². The Morgan fingerprint density at radius 1 is 0.925 bits per heavy atom. The van der Waals surface area contributed by atoms with E-state index in [1.165, 1.54) is 5.56 Å². The number of para-hydroxylation sites is 3. The smallest absolute Gasteiger partial charge is 0.323 e. The van der Waals surface area contributed by atoms with E-state index >= 15 is 0 Å². The van der Waals surface area contributed by atoms with E-state index in [2.05, 4.69) is 72.4 Å². The van der Waals surface area contributed by atoms with Crippen LogP contribution in [0.5, 0.6) is 5.75 Å². The van der Waals surface area contributed by atoms with Crippen molar-refractivity contribution < 1.29 is 9.53 Å². The number of nitrogens with one attached hydrogen (secondary N) is 1. The van der Waals surface area contributed by atoms with Crippen LogP contribution in [0.1, 0.15) is 48.0 Å². The van der Waals surface area contributed by atoms with Gasteiger partial charge in [0.2, 0.25) is 0 Å². The van der Waals surface area contributed by atoms with Crippen molar-refractivity contribution in [2.24, 2.45) is 0 Å². The highest BCUT2D eigenvalue weighted by Crippen LogP contribution is 2.39. The number of hydrogen-bond donors (Lipinski definition) is 1. The van der Waals surface area contributed by atoms with Crippen LogP contribution < -0.4 is 10.1 Å². The average molecular weight is 532 g/mol. The molecule has 2 amide bonds. The summed E-state index contributed by atoms with van der Waals surface area (Å²) in [6.07, 6.45) is 3.78. The molecule has 202 valence electrons. The Bertz CT molecular complexity index is 1640. The molecule has 0 spiro atoms. The Morgan fingerprint density at radius 3 is 2.40 bits per heavy atom. The van der Waals surface area contributed by atoms with Crippen molar-refractivity contribution in [3.63, 3.8) is 0 Å². The maximum atomic E-state index is 14.2. The standard InChI is InChI=1S/C33H33N5O2/c1-4-23-17-19-24(20-18-23)31-29-15-11-21-36(29)32-26(27(5-2)35-38(32)25-12-7-6-8-13-25)22-37(31)33(39)34-28-14-9-10-16-30(28)40-3/h6-21,31H,4-5,22H2,1-3H3,(H,34,39)/t31-/m1/s1. The van der Waals surface area contributed by atoms with Crippen LogP contribution >= 0.6 is 0 Å². The van der Waals surface area contributed by atoms with Crippen molar-refractivity contribution in [1.29, 1.82) is 0 Å². The molecule has 3 aromatic carbocycles. The number of ether oxygens (including phenoxy) is 1. The Morgan fingerprint density at radius 2 is 1.68 bits per heavy atom. The molecule has 7 heteroatoms. The van der Waals surface area contributed by atoms with Gasteiger partial charge in [-0.05, 0) is 60.4 Å². The molecule has 0 radical (unpaired) electrons. The molecule has 0 saturated carbocycles. The number of rotatable bonds is 6. The molecular formula is C33H33N5O2. The van der Waals surface area contributed by atoms with Crippen LogP contribution in [0.2, 0.25) is 0 Å². The number of methoxy groups -OCH3 is 1. The molecule has 0 bridgehead atoms. The van der Waals surface area contributed by atoms with Gasteiger partial charge in [0, 0.05) is 11.8 Å². The van der Waals surface area contributed by atoms with Gasteiger partial charge in [-0.25, -0.2) is 9.48 Å². The summed E-state index contributed by atoms with van der Waals surface area (Å²) in [5.74, 6) is 1.58. The van der Waals surface area contributed by atoms with Gasteiger partial charge >= 0.3 is 6.03 Å². The Kier molecular flexibility index (Phi) is 6.86. The SMILES string of the molecule is CCc1ccc([C@@H]2c3cccn3-c3c(c(CC)nn3-c3ccccc3)CN2C(=O)Nc2ccccc2OC)cc1. The second-order valence-corrected chi connectivity index (χ2v) is 9.91. The first kappa shape index (κ1) is 25.5. The first-order chi connectivity index (χ1) is 19.6. The third-order valence-corrected chi connectivity index (χ3v) is 7.62. The number of nitrogens with zero attached hydrogens (tertiary/aromatic N) is 4. The van der Waals surface area contributed by atoms with Gasteiger partial charge < -0.3 is 19.5 Å². The number of carbonyl (C=O) groups is 1. The number of aromatic nitrogens is 3. The first-order valence-corrected chi connectivity index (χ1v) is 13.8. The lowest BCUT2D eigenvalue weighted by molar-refractivity contribution is 0.194. The van der Waals surface area contributed by atoms with Crippen LogP contribution in [0.4, 0.5) is 10.5 Å². The maximum absolute atomic E-state index is 14.2. The number of fused-ring (bicyclic) bond motifs is 3. The number of hydrogen-bond acceptors (Lipinski definition) is 3. The highest BCUT2D eigenvalue weighted by molar-refractivity contribution is 5.91. The van der Waals surface area contributed by atoms with Gasteiger partial charge in [-0.15, -0.1) is 0 Å². The quantitative estimate of drug-likeness (QED) is 0.258. The summed E-state index contributed by atoms with van der Waals surface area (Å²) < 4.78 is 9.74. The van der Waals surface area contributed by atoms with E-state index in [0.29, 0.717) is 18.0 Å². The van der Waals surface area contributed by atoms with Crippen LogP contribution in [0, 0.1) is 0 Å². The van der Waals surface area contributed by atoms with E-state index < -0.39 is 0 Å². The minimum Gasteiger partial charge on any atom is -0.495 e. The molecule has 1 N–H and O–H groups in total. The number of benzene rings is 3. The second-order valence-electron chi connectivity index (χ2n) is 9.91. The van der Waals surface area contributed by atoms with Gasteiger partial charge in [-0.3, -0.25) is 0 Å². The fourth-order valence-corrected chi connectivity index (χ4v) is 5.57. The lowest BCUT2D eigenvalue weighted by Crippen LogP contribution is -2.38. The Hall–Kier alpha value is -4.78. The molecule has 1 aliphatic heterocycles. The van der Waals surface area contributed by atoms with Gasteiger partial charge in [0.15, 0.2) is 0 Å². The Balaban J connectivity index is 1.54. The molecule has 1 aliphatic rings. The van der Waals surface area contributed by atoms with E-state index in [-0.39, 0.29) is 12.1 Å². The summed E-state index contributed by atoms with van der Waals surface area (Å²) in [5.41, 5.74) is 6.92. The molecule has 3 heterocycles. The van der Waals surface area contributed by atoms with Crippen molar-refractivity contribution in [3.05, 3.63) is 125 Å². The van der Waals surface area contributed by atoms with Crippen LogP contribution in [0.25, 0.3) is 11.5 Å². The summed E-state index contributed by atoms with van der Waals surface area (Å²) in [6.45, 7) is 4.66. The van der Waals surface area contributed by atoms with Gasteiger partial charge in [-0.1, -0.05) is 68.4 Å². The summed E-state index contributed by atoms with van der Waals surface area (Å²) in [6, 6.07) is 29.9. The molecule has 7 nitrogen and oxygen atoms in total. The molecule has 40 heavy (non-hydrogen) atoms. The topological polar surface area (TPSA) is 64.3 Å². The molecule has 5 aromatic rings.